The summed E-state index contributed by atoms with van der Waals surface area (Å²) in [6.07, 6.45) is -1.02. The Morgan fingerprint density at radius 1 is 1.32 bits per heavy atom. The van der Waals surface area contributed by atoms with Gasteiger partial charge in [-0.05, 0) is 39.5 Å². The summed E-state index contributed by atoms with van der Waals surface area (Å²) >= 11 is 0. The van der Waals surface area contributed by atoms with Gasteiger partial charge in [-0.3, -0.25) is 0 Å². The zero-order chi connectivity index (χ0) is 16.8. The molecule has 3 unspecified atom stereocenters. The molecule has 0 radical (unpaired) electrons. The smallest absolute Gasteiger partial charge is 0.407 e. The minimum Gasteiger partial charge on any atom is -0.444 e. The number of carbonyl (C=O) groups is 1. The van der Waals surface area contributed by atoms with Gasteiger partial charge in [-0.2, -0.15) is 0 Å². The summed E-state index contributed by atoms with van der Waals surface area (Å²) in [4.78, 5) is 11.7. The Labute approximate surface area is 130 Å². The Bertz CT molecular complexity index is 348. The number of hydrogen-bond acceptors (Lipinski definition) is 4. The molecular formula is C15H28F2N2O3. The van der Waals surface area contributed by atoms with Gasteiger partial charge in [0.1, 0.15) is 11.7 Å². The van der Waals surface area contributed by atoms with Crippen LogP contribution in [0.4, 0.5) is 13.6 Å². The van der Waals surface area contributed by atoms with Gasteiger partial charge in [0, 0.05) is 19.1 Å². The summed E-state index contributed by atoms with van der Waals surface area (Å²) in [5.74, 6) is 0.158. The van der Waals surface area contributed by atoms with Crippen molar-refractivity contribution in [2.75, 3.05) is 13.1 Å². The minimum absolute atomic E-state index is 0.0251. The highest BCUT2D eigenvalue weighted by Gasteiger charge is 2.27. The van der Waals surface area contributed by atoms with E-state index in [-0.39, 0.29) is 18.5 Å². The number of rotatable bonds is 6. The van der Waals surface area contributed by atoms with Crippen LogP contribution in [-0.2, 0) is 4.74 Å². The Morgan fingerprint density at radius 3 is 2.55 bits per heavy atom. The molecule has 0 heterocycles. The number of ether oxygens (including phenoxy) is 1. The Hall–Kier alpha value is -0.950. The number of aliphatic hydroxyl groups excluding tert-OH is 1. The van der Waals surface area contributed by atoms with E-state index in [0.717, 1.165) is 25.7 Å². The molecule has 0 saturated heterocycles. The maximum atomic E-state index is 12.3. The highest BCUT2D eigenvalue weighted by atomic mass is 19.3. The number of halogens is 2. The van der Waals surface area contributed by atoms with E-state index in [0.29, 0.717) is 6.54 Å². The second-order valence-corrected chi connectivity index (χ2v) is 6.84. The third-order valence-electron chi connectivity index (χ3n) is 3.70. The molecular weight excluding hydrogens is 294 g/mol. The van der Waals surface area contributed by atoms with E-state index in [1.165, 1.54) is 0 Å². The summed E-state index contributed by atoms with van der Waals surface area (Å²) in [6, 6.07) is 0.0251. The average Bonchev–Trinajstić information content (AvgIpc) is 2.41. The molecule has 3 N–H and O–H groups in total. The normalized spacial score (nSPS) is 24.1. The molecule has 1 aliphatic rings. The van der Waals surface area contributed by atoms with Crippen LogP contribution in [0.25, 0.3) is 0 Å². The minimum atomic E-state index is -2.74. The number of amides is 1. The molecule has 5 nitrogen and oxygen atoms in total. The van der Waals surface area contributed by atoms with E-state index in [9.17, 15) is 18.7 Å². The average molecular weight is 322 g/mol. The number of alkyl halides is 2. The van der Waals surface area contributed by atoms with E-state index in [4.69, 9.17) is 4.74 Å². The number of aliphatic hydroxyl groups is 1. The first-order valence-electron chi connectivity index (χ1n) is 7.85. The molecule has 7 heteroatoms. The monoisotopic (exact) mass is 322 g/mol. The molecule has 0 bridgehead atoms. The molecule has 3 atom stereocenters. The molecule has 0 aromatic carbocycles. The van der Waals surface area contributed by atoms with E-state index >= 15 is 0 Å². The zero-order valence-electron chi connectivity index (χ0n) is 13.6. The number of alkyl carbamates (subject to hydrolysis) is 1. The summed E-state index contributed by atoms with van der Waals surface area (Å²) in [5, 5.41) is 14.9. The second kappa shape index (κ2) is 8.62. The maximum absolute atomic E-state index is 12.3. The lowest BCUT2D eigenvalue weighted by atomic mass is 9.84. The predicted molar refractivity (Wildman–Crippen MR) is 80.0 cm³/mol. The summed E-state index contributed by atoms with van der Waals surface area (Å²) in [7, 11) is 0. The molecule has 22 heavy (non-hydrogen) atoms. The molecule has 1 rings (SSSR count). The van der Waals surface area contributed by atoms with Crippen LogP contribution >= 0.6 is 0 Å². The first-order valence-corrected chi connectivity index (χ1v) is 7.85. The van der Waals surface area contributed by atoms with Crippen LogP contribution < -0.4 is 10.6 Å². The molecule has 1 aliphatic carbocycles. The lowest BCUT2D eigenvalue weighted by Crippen LogP contribution is -2.47. The van der Waals surface area contributed by atoms with Crippen molar-refractivity contribution >= 4 is 6.09 Å². The zero-order valence-corrected chi connectivity index (χ0v) is 13.6. The van der Waals surface area contributed by atoms with Crippen molar-refractivity contribution in [3.63, 3.8) is 0 Å². The second-order valence-electron chi connectivity index (χ2n) is 6.84. The van der Waals surface area contributed by atoms with E-state index in [2.05, 4.69) is 10.6 Å². The van der Waals surface area contributed by atoms with E-state index in [1.807, 2.05) is 0 Å². The Morgan fingerprint density at radius 2 is 1.95 bits per heavy atom. The summed E-state index contributed by atoms with van der Waals surface area (Å²) in [6.45, 7) is 5.69. The van der Waals surface area contributed by atoms with Crippen molar-refractivity contribution in [1.29, 1.82) is 0 Å². The Kier molecular flexibility index (Phi) is 7.48. The van der Waals surface area contributed by atoms with Gasteiger partial charge in [0.15, 0.2) is 0 Å². The van der Waals surface area contributed by atoms with Crippen LogP contribution in [0.5, 0.6) is 0 Å². The molecule has 1 amide bonds. The molecule has 0 spiro atoms. The fraction of sp³-hybridized carbons (Fsp3) is 0.933. The van der Waals surface area contributed by atoms with Gasteiger partial charge in [-0.15, -0.1) is 0 Å². The quantitative estimate of drug-likeness (QED) is 0.702. The van der Waals surface area contributed by atoms with Crippen molar-refractivity contribution in [1.82, 2.24) is 10.6 Å². The van der Waals surface area contributed by atoms with Gasteiger partial charge < -0.3 is 20.5 Å². The van der Waals surface area contributed by atoms with Gasteiger partial charge in [0.25, 0.3) is 6.43 Å². The molecule has 130 valence electrons. The highest BCUT2D eigenvalue weighted by Crippen LogP contribution is 2.24. The number of carbonyl (C=O) groups excluding carboxylic acids is 1. The predicted octanol–water partition coefficient (Wildman–Crippen LogP) is 2.29. The number of hydrogen-bond donors (Lipinski definition) is 3. The molecule has 0 aromatic rings. The van der Waals surface area contributed by atoms with Crippen LogP contribution in [0, 0.1) is 5.92 Å². The van der Waals surface area contributed by atoms with Crippen molar-refractivity contribution < 1.29 is 23.4 Å². The molecule has 1 fully saturated rings. The van der Waals surface area contributed by atoms with E-state index in [1.54, 1.807) is 20.8 Å². The van der Waals surface area contributed by atoms with Gasteiger partial charge in [0.05, 0.1) is 0 Å². The van der Waals surface area contributed by atoms with Crippen LogP contribution in [0.1, 0.15) is 46.5 Å². The first-order chi connectivity index (χ1) is 10.2. The summed E-state index contributed by atoms with van der Waals surface area (Å²) in [5.41, 5.74) is -0.546. The third kappa shape index (κ3) is 7.35. The maximum Gasteiger partial charge on any atom is 0.407 e. The van der Waals surface area contributed by atoms with Crippen LogP contribution in [-0.4, -0.2) is 48.5 Å². The molecule has 0 aliphatic heterocycles. The van der Waals surface area contributed by atoms with Gasteiger partial charge in [0.2, 0.25) is 0 Å². The lowest BCUT2D eigenvalue weighted by Gasteiger charge is -2.33. The third-order valence-corrected chi connectivity index (χ3v) is 3.70. The van der Waals surface area contributed by atoms with Crippen LogP contribution in [0.15, 0.2) is 0 Å². The number of nitrogens with one attached hydrogen (secondary N) is 2. The summed E-state index contributed by atoms with van der Waals surface area (Å²) < 4.78 is 29.8. The SMILES string of the molecule is CC(C)(C)OC(=O)NCC1CCCCC1NCC(O)C(F)F. The topological polar surface area (TPSA) is 70.6 Å². The largest absolute Gasteiger partial charge is 0.444 e. The van der Waals surface area contributed by atoms with Crippen molar-refractivity contribution in [3.8, 4) is 0 Å². The van der Waals surface area contributed by atoms with Crippen molar-refractivity contribution in [3.05, 3.63) is 0 Å². The first kappa shape index (κ1) is 19.1. The van der Waals surface area contributed by atoms with Crippen molar-refractivity contribution in [2.45, 2.75) is 70.6 Å². The van der Waals surface area contributed by atoms with Crippen LogP contribution in [0.2, 0.25) is 0 Å². The van der Waals surface area contributed by atoms with Gasteiger partial charge >= 0.3 is 6.09 Å². The van der Waals surface area contributed by atoms with Crippen molar-refractivity contribution in [2.24, 2.45) is 5.92 Å². The highest BCUT2D eigenvalue weighted by molar-refractivity contribution is 5.67. The lowest BCUT2D eigenvalue weighted by molar-refractivity contribution is -0.00641. The standard InChI is InChI=1S/C15H28F2N2O3/c1-15(2,3)22-14(21)19-8-10-6-4-5-7-11(10)18-9-12(20)13(16)17/h10-13,18,20H,4-9H2,1-3H3,(H,19,21). The fourth-order valence-corrected chi connectivity index (χ4v) is 2.61. The van der Waals surface area contributed by atoms with Gasteiger partial charge in [-0.1, -0.05) is 12.8 Å². The molecule has 0 aromatic heterocycles. The van der Waals surface area contributed by atoms with Crippen LogP contribution in [0.3, 0.4) is 0 Å². The van der Waals surface area contributed by atoms with Gasteiger partial charge in [-0.25, -0.2) is 13.6 Å². The van der Waals surface area contributed by atoms with E-state index < -0.39 is 24.2 Å². The Balaban J connectivity index is 2.40. The molecule has 1 saturated carbocycles. The fourth-order valence-electron chi connectivity index (χ4n) is 2.61.